The van der Waals surface area contributed by atoms with Crippen LogP contribution in [0.1, 0.15) is 0 Å². The molecule has 4 aromatic heterocycles. The molecule has 11 rings (SSSR count). The van der Waals surface area contributed by atoms with Gasteiger partial charge in [-0.1, -0.05) is 103 Å². The van der Waals surface area contributed by atoms with Crippen LogP contribution in [-0.4, -0.2) is 14.1 Å². The molecule has 0 bridgehead atoms. The molecule has 0 saturated heterocycles. The molecule has 0 atom stereocenters. The first kappa shape index (κ1) is 25.6. The maximum Gasteiger partial charge on any atom is 0.307 e. The molecule has 0 aliphatic carbocycles. The minimum atomic E-state index is 0.527. The lowest BCUT2D eigenvalue weighted by Gasteiger charge is -2.07. The summed E-state index contributed by atoms with van der Waals surface area (Å²) in [5.41, 5.74) is 10.8. The summed E-state index contributed by atoms with van der Waals surface area (Å²) in [6.07, 6.45) is 0. The van der Waals surface area contributed by atoms with E-state index in [4.69, 9.17) is 13.8 Å². The highest BCUT2D eigenvalue weighted by Crippen LogP contribution is 2.43. The summed E-state index contributed by atoms with van der Waals surface area (Å²) in [7, 11) is 0. The number of oxazole rings is 1. The Morgan fingerprint density at radius 2 is 1.02 bits per heavy atom. The van der Waals surface area contributed by atoms with E-state index in [1.54, 1.807) is 0 Å². The van der Waals surface area contributed by atoms with E-state index >= 15 is 0 Å². The summed E-state index contributed by atoms with van der Waals surface area (Å²) in [5, 5.41) is 6.65. The lowest BCUT2D eigenvalue weighted by molar-refractivity contribution is 0.574. The Balaban J connectivity index is 1.26. The predicted octanol–water partition coefficient (Wildman–Crippen LogP) is 11.6. The molecule has 5 nitrogen and oxygen atoms in total. The number of hydrogen-bond acceptors (Lipinski definition) is 3. The fourth-order valence-electron chi connectivity index (χ4n) is 7.68. The average Bonchev–Trinajstić information content (AvgIpc) is 3.90. The zero-order valence-electron chi connectivity index (χ0n) is 25.6. The smallest absolute Gasteiger partial charge is 0.307 e. The Morgan fingerprint density at radius 1 is 0.438 bits per heavy atom. The van der Waals surface area contributed by atoms with Crippen LogP contribution >= 0.6 is 0 Å². The van der Waals surface area contributed by atoms with Gasteiger partial charge in [0, 0.05) is 38.2 Å². The van der Waals surface area contributed by atoms with Crippen molar-refractivity contribution in [3.63, 3.8) is 0 Å². The minimum absolute atomic E-state index is 0.527. The first-order chi connectivity index (χ1) is 23.8. The standard InChI is InChI=1S/C43H25N3O2/c1-3-13-26(14-4-1)31-25-39-41(40-30-19-9-12-22-38(30)47-42(31)40)44-43(48-39)46-35-21-11-8-18-29(35)33-23-36-32(24-37(33)46)28-17-7-10-20-34(28)45(36)27-15-5-2-6-16-27/h1-25H. The molecule has 0 N–H and O–H groups in total. The molecule has 0 spiro atoms. The molecule has 11 aromatic rings. The molecule has 5 heteroatoms. The van der Waals surface area contributed by atoms with Crippen molar-refractivity contribution < 1.29 is 8.83 Å². The number of fused-ring (bicyclic) bond motifs is 11. The summed E-state index contributed by atoms with van der Waals surface area (Å²) in [5.74, 6) is 0. The molecule has 0 aliphatic rings. The van der Waals surface area contributed by atoms with Gasteiger partial charge in [0.2, 0.25) is 0 Å². The number of furan rings is 1. The highest BCUT2D eigenvalue weighted by Gasteiger charge is 2.24. The van der Waals surface area contributed by atoms with Crippen LogP contribution in [0.15, 0.2) is 160 Å². The van der Waals surface area contributed by atoms with E-state index in [1.807, 2.05) is 36.4 Å². The van der Waals surface area contributed by atoms with Gasteiger partial charge < -0.3 is 13.4 Å². The molecule has 0 aliphatic heterocycles. The second-order valence-electron chi connectivity index (χ2n) is 12.4. The van der Waals surface area contributed by atoms with Crippen molar-refractivity contribution in [3.05, 3.63) is 152 Å². The van der Waals surface area contributed by atoms with Crippen LogP contribution < -0.4 is 0 Å². The minimum Gasteiger partial charge on any atom is -0.455 e. The van der Waals surface area contributed by atoms with Crippen molar-refractivity contribution in [2.24, 2.45) is 0 Å². The third-order valence-electron chi connectivity index (χ3n) is 9.75. The highest BCUT2D eigenvalue weighted by molar-refractivity contribution is 6.21. The van der Waals surface area contributed by atoms with E-state index in [0.29, 0.717) is 6.01 Å². The van der Waals surface area contributed by atoms with Crippen molar-refractivity contribution in [1.82, 2.24) is 14.1 Å². The first-order valence-corrected chi connectivity index (χ1v) is 16.1. The van der Waals surface area contributed by atoms with E-state index in [2.05, 4.69) is 124 Å². The Bertz CT molecular complexity index is 3050. The quantitative estimate of drug-likeness (QED) is 0.199. The number of hydrogen-bond donors (Lipinski definition) is 0. The van der Waals surface area contributed by atoms with Gasteiger partial charge in [-0.2, -0.15) is 4.98 Å². The van der Waals surface area contributed by atoms with E-state index in [9.17, 15) is 0 Å². The molecule has 0 amide bonds. The van der Waals surface area contributed by atoms with Crippen LogP contribution in [0.3, 0.4) is 0 Å². The number of aromatic nitrogens is 3. The van der Waals surface area contributed by atoms with E-state index in [0.717, 1.165) is 77.2 Å². The lowest BCUT2D eigenvalue weighted by Crippen LogP contribution is -1.94. The lowest BCUT2D eigenvalue weighted by atomic mass is 10.0. The van der Waals surface area contributed by atoms with E-state index in [-0.39, 0.29) is 0 Å². The van der Waals surface area contributed by atoms with Gasteiger partial charge in [0.1, 0.15) is 16.7 Å². The summed E-state index contributed by atoms with van der Waals surface area (Å²) < 4.78 is 17.9. The summed E-state index contributed by atoms with van der Waals surface area (Å²) in [4.78, 5) is 5.27. The third-order valence-corrected chi connectivity index (χ3v) is 9.75. The molecule has 0 unspecified atom stereocenters. The summed E-state index contributed by atoms with van der Waals surface area (Å²) in [6.45, 7) is 0. The molecule has 224 valence electrons. The fourth-order valence-corrected chi connectivity index (χ4v) is 7.68. The number of para-hydroxylation sites is 4. The molecule has 4 heterocycles. The van der Waals surface area contributed by atoms with Crippen molar-refractivity contribution in [2.45, 2.75) is 0 Å². The van der Waals surface area contributed by atoms with Gasteiger partial charge in [-0.3, -0.25) is 4.57 Å². The van der Waals surface area contributed by atoms with Gasteiger partial charge in [-0.15, -0.1) is 0 Å². The number of rotatable bonds is 3. The average molecular weight is 616 g/mol. The summed E-state index contributed by atoms with van der Waals surface area (Å²) in [6, 6.07) is 53.5. The Labute approximate surface area is 273 Å². The zero-order valence-corrected chi connectivity index (χ0v) is 25.6. The number of nitrogens with zero attached hydrogens (tertiary/aromatic N) is 3. The first-order valence-electron chi connectivity index (χ1n) is 16.1. The van der Waals surface area contributed by atoms with Crippen molar-refractivity contribution in [3.8, 4) is 22.8 Å². The van der Waals surface area contributed by atoms with Gasteiger partial charge >= 0.3 is 6.01 Å². The molecule has 0 radical (unpaired) electrons. The van der Waals surface area contributed by atoms with Crippen LogP contribution in [0.4, 0.5) is 0 Å². The van der Waals surface area contributed by atoms with Crippen molar-refractivity contribution in [2.75, 3.05) is 0 Å². The Kier molecular flexibility index (Phi) is 5.05. The van der Waals surface area contributed by atoms with Gasteiger partial charge in [0.15, 0.2) is 5.58 Å². The SMILES string of the molecule is c1ccc(-c2cc3oc(-n4c5ccccc5c5cc6c(cc54)c4ccccc4n6-c4ccccc4)nc3c3c2oc2ccccc23)cc1. The van der Waals surface area contributed by atoms with E-state index in [1.165, 1.54) is 16.3 Å². The van der Waals surface area contributed by atoms with Crippen LogP contribution in [0.25, 0.3) is 99.5 Å². The Hall–Kier alpha value is -6.59. The molecular weight excluding hydrogens is 590 g/mol. The van der Waals surface area contributed by atoms with Gasteiger partial charge in [-0.05, 0) is 54.1 Å². The monoisotopic (exact) mass is 615 g/mol. The van der Waals surface area contributed by atoms with Crippen molar-refractivity contribution >= 4 is 76.6 Å². The second kappa shape index (κ2) is 9.47. The van der Waals surface area contributed by atoms with Crippen LogP contribution in [0, 0.1) is 0 Å². The number of benzene rings is 7. The Morgan fingerprint density at radius 3 is 1.75 bits per heavy atom. The largest absolute Gasteiger partial charge is 0.455 e. The van der Waals surface area contributed by atoms with Crippen LogP contribution in [0.2, 0.25) is 0 Å². The zero-order chi connectivity index (χ0) is 31.3. The fraction of sp³-hybridized carbons (Fsp3) is 0. The molecular formula is C43H25N3O2. The molecule has 0 fully saturated rings. The topological polar surface area (TPSA) is 49.0 Å². The molecule has 0 saturated carbocycles. The highest BCUT2D eigenvalue weighted by atomic mass is 16.4. The predicted molar refractivity (Wildman–Crippen MR) is 195 cm³/mol. The normalized spacial score (nSPS) is 12.2. The summed E-state index contributed by atoms with van der Waals surface area (Å²) >= 11 is 0. The van der Waals surface area contributed by atoms with Crippen molar-refractivity contribution in [1.29, 1.82) is 0 Å². The molecule has 48 heavy (non-hydrogen) atoms. The molecule has 7 aromatic carbocycles. The van der Waals surface area contributed by atoms with Gasteiger partial charge in [0.05, 0.1) is 27.5 Å². The second-order valence-corrected chi connectivity index (χ2v) is 12.4. The van der Waals surface area contributed by atoms with E-state index < -0.39 is 0 Å². The van der Waals surface area contributed by atoms with Gasteiger partial charge in [-0.25, -0.2) is 0 Å². The van der Waals surface area contributed by atoms with Crippen LogP contribution in [0.5, 0.6) is 0 Å². The van der Waals surface area contributed by atoms with Gasteiger partial charge in [0.25, 0.3) is 0 Å². The van der Waals surface area contributed by atoms with Crippen LogP contribution in [-0.2, 0) is 0 Å². The maximum absolute atomic E-state index is 6.80. The maximum atomic E-state index is 6.80. The third kappa shape index (κ3) is 3.42.